The molecule has 2 aromatic heterocycles. The van der Waals surface area contributed by atoms with Gasteiger partial charge in [0.2, 0.25) is 5.89 Å². The van der Waals surface area contributed by atoms with Crippen LogP contribution in [-0.4, -0.2) is 27.4 Å². The maximum absolute atomic E-state index is 13.9. The molecule has 4 aromatic rings. The molecule has 1 saturated heterocycles. The van der Waals surface area contributed by atoms with Crippen LogP contribution in [0.1, 0.15) is 24.8 Å². The van der Waals surface area contributed by atoms with E-state index in [4.69, 9.17) is 4.42 Å². The normalized spacial score (nSPS) is 16.1. The molecule has 5 rings (SSSR count). The number of halogens is 2. The molecule has 3 heterocycles. The maximum atomic E-state index is 13.9. The van der Waals surface area contributed by atoms with Crippen LogP contribution in [-0.2, 0) is 0 Å². The summed E-state index contributed by atoms with van der Waals surface area (Å²) in [6.07, 6.45) is 4.94. The number of fused-ring (bicyclic) bond motifs is 1. The number of hydrogen-bond acceptors (Lipinski definition) is 4. The number of pyridine rings is 1. The van der Waals surface area contributed by atoms with Crippen molar-refractivity contribution in [2.75, 3.05) is 11.9 Å². The van der Waals surface area contributed by atoms with E-state index in [2.05, 4.69) is 15.3 Å². The fourth-order valence-corrected chi connectivity index (χ4v) is 3.85. The van der Waals surface area contributed by atoms with E-state index < -0.39 is 17.7 Å². The number of carbonyl (C=O) groups excluding carboxylic acids is 1. The molecule has 1 unspecified atom stereocenters. The van der Waals surface area contributed by atoms with Crippen LogP contribution in [0.2, 0.25) is 0 Å². The Hall–Kier alpha value is -3.81. The van der Waals surface area contributed by atoms with Crippen LogP contribution in [0.25, 0.3) is 22.2 Å². The summed E-state index contributed by atoms with van der Waals surface area (Å²) < 4.78 is 33.0. The number of aromatic nitrogens is 2. The van der Waals surface area contributed by atoms with Gasteiger partial charge < -0.3 is 14.6 Å². The summed E-state index contributed by atoms with van der Waals surface area (Å²) in [6, 6.07) is 11.7. The molecule has 0 aliphatic carbocycles. The zero-order valence-corrected chi connectivity index (χ0v) is 16.4. The Kier molecular flexibility index (Phi) is 4.82. The molecule has 1 aliphatic heterocycles. The van der Waals surface area contributed by atoms with Crippen LogP contribution in [0, 0.1) is 11.6 Å². The molecule has 2 aromatic carbocycles. The number of urea groups is 1. The predicted molar refractivity (Wildman–Crippen MR) is 111 cm³/mol. The fraction of sp³-hybridized carbons (Fsp3) is 0.174. The van der Waals surface area contributed by atoms with Gasteiger partial charge in [0.15, 0.2) is 5.58 Å². The Morgan fingerprint density at radius 2 is 2.03 bits per heavy atom. The second-order valence-corrected chi connectivity index (χ2v) is 7.38. The lowest BCUT2D eigenvalue weighted by Gasteiger charge is -2.22. The molecule has 31 heavy (non-hydrogen) atoms. The molecular weight excluding hydrogens is 402 g/mol. The number of anilines is 1. The number of rotatable bonds is 3. The highest BCUT2D eigenvalue weighted by Gasteiger charge is 2.34. The first-order chi connectivity index (χ1) is 15.1. The summed E-state index contributed by atoms with van der Waals surface area (Å²) in [4.78, 5) is 23.1. The number of carbonyl (C=O) groups is 1. The molecule has 0 radical (unpaired) electrons. The van der Waals surface area contributed by atoms with E-state index in [1.54, 1.807) is 17.3 Å². The highest BCUT2D eigenvalue weighted by atomic mass is 19.1. The number of nitrogens with zero attached hydrogens (tertiary/aromatic N) is 3. The maximum Gasteiger partial charge on any atom is 0.322 e. The minimum Gasteiger partial charge on any atom is -0.438 e. The van der Waals surface area contributed by atoms with Crippen molar-refractivity contribution in [3.05, 3.63) is 78.4 Å². The van der Waals surface area contributed by atoms with E-state index in [9.17, 15) is 13.6 Å². The van der Waals surface area contributed by atoms with E-state index in [1.807, 2.05) is 30.3 Å². The molecule has 8 heteroatoms. The third-order valence-electron chi connectivity index (χ3n) is 5.37. The van der Waals surface area contributed by atoms with Gasteiger partial charge in [0.05, 0.1) is 5.69 Å². The highest BCUT2D eigenvalue weighted by Crippen LogP contribution is 2.34. The van der Waals surface area contributed by atoms with Crippen molar-refractivity contribution in [2.45, 2.75) is 18.9 Å². The minimum absolute atomic E-state index is 0.0734. The van der Waals surface area contributed by atoms with Gasteiger partial charge in [-0.15, -0.1) is 0 Å². The van der Waals surface area contributed by atoms with Crippen LogP contribution in [0.5, 0.6) is 0 Å². The third-order valence-corrected chi connectivity index (χ3v) is 5.37. The topological polar surface area (TPSA) is 71.3 Å². The van der Waals surface area contributed by atoms with E-state index >= 15 is 0 Å². The molecule has 1 aliphatic rings. The SMILES string of the molecule is O=C(Nc1ccc(F)cc1F)N1CCCC1c1nc2cc(-c3cccnc3)ccc2o1. The Bertz CT molecular complexity index is 1260. The summed E-state index contributed by atoms with van der Waals surface area (Å²) in [5.74, 6) is -1.09. The molecule has 0 bridgehead atoms. The zero-order valence-electron chi connectivity index (χ0n) is 16.4. The Morgan fingerprint density at radius 3 is 2.84 bits per heavy atom. The van der Waals surface area contributed by atoms with Gasteiger partial charge in [-0.05, 0) is 48.7 Å². The van der Waals surface area contributed by atoms with Crippen molar-refractivity contribution in [1.29, 1.82) is 0 Å². The van der Waals surface area contributed by atoms with E-state index in [1.165, 1.54) is 6.07 Å². The van der Waals surface area contributed by atoms with Crippen LogP contribution >= 0.6 is 0 Å². The molecule has 0 spiro atoms. The van der Waals surface area contributed by atoms with Gasteiger partial charge >= 0.3 is 6.03 Å². The van der Waals surface area contributed by atoms with Crippen LogP contribution in [0.3, 0.4) is 0 Å². The van der Waals surface area contributed by atoms with Crippen molar-refractivity contribution in [3.8, 4) is 11.1 Å². The lowest BCUT2D eigenvalue weighted by molar-refractivity contribution is 0.198. The molecule has 2 amide bonds. The smallest absolute Gasteiger partial charge is 0.322 e. The van der Waals surface area contributed by atoms with Crippen LogP contribution < -0.4 is 5.32 Å². The molecule has 1 fully saturated rings. The van der Waals surface area contributed by atoms with Gasteiger partial charge in [-0.2, -0.15) is 0 Å². The number of amides is 2. The summed E-state index contributed by atoms with van der Waals surface area (Å²) in [5, 5.41) is 2.51. The molecule has 6 nitrogen and oxygen atoms in total. The minimum atomic E-state index is -0.825. The summed E-state index contributed by atoms with van der Waals surface area (Å²) in [6.45, 7) is 0.485. The Labute approximate surface area is 176 Å². The van der Waals surface area contributed by atoms with E-state index in [-0.39, 0.29) is 11.7 Å². The van der Waals surface area contributed by atoms with Gasteiger partial charge in [-0.3, -0.25) is 4.98 Å². The second kappa shape index (κ2) is 7.79. The number of likely N-dealkylation sites (tertiary alicyclic amines) is 1. The van der Waals surface area contributed by atoms with Gasteiger partial charge in [0.1, 0.15) is 23.2 Å². The number of oxazole rings is 1. The molecule has 0 saturated carbocycles. The number of hydrogen-bond donors (Lipinski definition) is 1. The Balaban J connectivity index is 1.40. The number of nitrogens with one attached hydrogen (secondary N) is 1. The first kappa shape index (κ1) is 19.2. The largest absolute Gasteiger partial charge is 0.438 e. The predicted octanol–water partition coefficient (Wildman–Crippen LogP) is 5.54. The average Bonchev–Trinajstić information content (AvgIpc) is 3.42. The monoisotopic (exact) mass is 420 g/mol. The summed E-state index contributed by atoms with van der Waals surface area (Å²) in [7, 11) is 0. The summed E-state index contributed by atoms with van der Waals surface area (Å²) in [5.41, 5.74) is 3.17. The molecule has 156 valence electrons. The lowest BCUT2D eigenvalue weighted by atomic mass is 10.1. The zero-order chi connectivity index (χ0) is 21.4. The summed E-state index contributed by atoms with van der Waals surface area (Å²) >= 11 is 0. The number of benzene rings is 2. The van der Waals surface area contributed by atoms with E-state index in [0.29, 0.717) is 30.0 Å². The van der Waals surface area contributed by atoms with Crippen LogP contribution in [0.15, 0.2) is 65.3 Å². The van der Waals surface area contributed by atoms with Gasteiger partial charge in [0, 0.05) is 30.6 Å². The van der Waals surface area contributed by atoms with Gasteiger partial charge in [-0.25, -0.2) is 18.6 Å². The van der Waals surface area contributed by atoms with Gasteiger partial charge in [0.25, 0.3) is 0 Å². The third kappa shape index (κ3) is 3.72. The van der Waals surface area contributed by atoms with Crippen molar-refractivity contribution in [3.63, 3.8) is 0 Å². The lowest BCUT2D eigenvalue weighted by Crippen LogP contribution is -2.34. The fourth-order valence-electron chi connectivity index (χ4n) is 3.85. The average molecular weight is 420 g/mol. The van der Waals surface area contributed by atoms with E-state index in [0.717, 1.165) is 29.7 Å². The van der Waals surface area contributed by atoms with Crippen LogP contribution in [0.4, 0.5) is 19.3 Å². The molecule has 1 N–H and O–H groups in total. The van der Waals surface area contributed by atoms with Gasteiger partial charge in [-0.1, -0.05) is 12.1 Å². The first-order valence-corrected chi connectivity index (χ1v) is 9.92. The quantitative estimate of drug-likeness (QED) is 0.473. The van der Waals surface area contributed by atoms with Crippen molar-refractivity contribution < 1.29 is 18.0 Å². The first-order valence-electron chi connectivity index (χ1n) is 9.92. The molecular formula is C23H18F2N4O2. The van der Waals surface area contributed by atoms with Crippen molar-refractivity contribution >= 4 is 22.8 Å². The highest BCUT2D eigenvalue weighted by molar-refractivity contribution is 5.90. The Morgan fingerprint density at radius 1 is 1.13 bits per heavy atom. The van der Waals surface area contributed by atoms with Crippen molar-refractivity contribution in [2.24, 2.45) is 0 Å². The second-order valence-electron chi connectivity index (χ2n) is 7.38. The molecule has 1 atom stereocenters. The van der Waals surface area contributed by atoms with Crippen molar-refractivity contribution in [1.82, 2.24) is 14.9 Å². The standard InChI is InChI=1S/C23H18F2N4O2/c24-16-6-7-18(17(25)12-16)28-23(30)29-10-2-4-20(29)22-27-19-11-14(5-8-21(19)31-22)15-3-1-9-26-13-15/h1,3,5-9,11-13,20H,2,4,10H2,(H,28,30).